The lowest BCUT2D eigenvalue weighted by molar-refractivity contribution is -0.137. The minimum atomic E-state index is -1.23. The lowest BCUT2D eigenvalue weighted by atomic mass is 9.98. The number of halogens is 3. The first-order chi connectivity index (χ1) is 14.2. The molecule has 1 atom stereocenters. The number of aromatic nitrogens is 2. The van der Waals surface area contributed by atoms with Gasteiger partial charge in [0.1, 0.15) is 23.0 Å². The van der Waals surface area contributed by atoms with E-state index in [1.165, 1.54) is 25.1 Å². The molecule has 0 aliphatic heterocycles. The third kappa shape index (κ3) is 4.27. The van der Waals surface area contributed by atoms with Gasteiger partial charge in [-0.3, -0.25) is 19.5 Å². The van der Waals surface area contributed by atoms with Crippen molar-refractivity contribution < 1.29 is 27.9 Å². The van der Waals surface area contributed by atoms with Crippen molar-refractivity contribution in [3.8, 4) is 5.69 Å². The Hall–Kier alpha value is -3.82. The van der Waals surface area contributed by atoms with E-state index < -0.39 is 47.4 Å². The second-order valence-electron chi connectivity index (χ2n) is 6.52. The molecule has 1 unspecified atom stereocenters. The fourth-order valence-corrected chi connectivity index (χ4v) is 3.00. The van der Waals surface area contributed by atoms with Gasteiger partial charge in [0.15, 0.2) is 5.82 Å². The van der Waals surface area contributed by atoms with Crippen LogP contribution in [0.2, 0.25) is 0 Å². The first-order valence-corrected chi connectivity index (χ1v) is 8.72. The van der Waals surface area contributed by atoms with Gasteiger partial charge in [-0.15, -0.1) is 0 Å². The molecule has 10 heteroatoms. The molecule has 0 aliphatic rings. The molecule has 1 heterocycles. The molecule has 1 amide bonds. The maximum absolute atomic E-state index is 14.0. The van der Waals surface area contributed by atoms with Crippen LogP contribution in [0.3, 0.4) is 0 Å². The highest BCUT2D eigenvalue weighted by molar-refractivity contribution is 5.92. The van der Waals surface area contributed by atoms with E-state index in [2.05, 4.69) is 10.4 Å². The van der Waals surface area contributed by atoms with Gasteiger partial charge in [0.05, 0.1) is 12.5 Å². The van der Waals surface area contributed by atoms with E-state index in [1.807, 2.05) is 0 Å². The number of nitrogens with one attached hydrogen (secondary N) is 2. The van der Waals surface area contributed by atoms with Crippen LogP contribution in [0.25, 0.3) is 5.69 Å². The zero-order valence-corrected chi connectivity index (χ0v) is 15.6. The summed E-state index contributed by atoms with van der Waals surface area (Å²) >= 11 is 0. The van der Waals surface area contributed by atoms with Crippen LogP contribution in [0.5, 0.6) is 0 Å². The van der Waals surface area contributed by atoms with Crippen LogP contribution >= 0.6 is 0 Å². The molecule has 0 saturated heterocycles. The largest absolute Gasteiger partial charge is 0.481 e. The molecular weight excluding hydrogens is 403 g/mol. The Kier molecular flexibility index (Phi) is 5.77. The molecule has 0 bridgehead atoms. The third-order valence-corrected chi connectivity index (χ3v) is 4.48. The number of carboxylic acids is 1. The van der Waals surface area contributed by atoms with Crippen molar-refractivity contribution in [1.82, 2.24) is 15.1 Å². The summed E-state index contributed by atoms with van der Waals surface area (Å²) in [7, 11) is 0. The molecule has 0 saturated carbocycles. The molecule has 3 aromatic rings. The van der Waals surface area contributed by atoms with Gasteiger partial charge in [-0.25, -0.2) is 17.9 Å². The van der Waals surface area contributed by atoms with Crippen molar-refractivity contribution in [3.05, 3.63) is 87.1 Å². The predicted octanol–water partition coefficient (Wildman–Crippen LogP) is 2.84. The number of hydrogen-bond donors (Lipinski definition) is 3. The summed E-state index contributed by atoms with van der Waals surface area (Å²) < 4.78 is 41.6. The van der Waals surface area contributed by atoms with E-state index in [-0.39, 0.29) is 22.5 Å². The number of carbonyl (C=O) groups is 2. The van der Waals surface area contributed by atoms with E-state index in [0.717, 1.165) is 18.2 Å². The number of H-pyrrole nitrogens is 1. The Morgan fingerprint density at radius 1 is 1.13 bits per heavy atom. The number of carboxylic acid groups (broad SMARTS) is 1. The zero-order valence-electron chi connectivity index (χ0n) is 15.6. The number of nitrogens with zero attached hydrogens (tertiary/aromatic N) is 1. The van der Waals surface area contributed by atoms with Gasteiger partial charge in [0.25, 0.3) is 11.5 Å². The number of aliphatic carboxylic acids is 1. The first-order valence-electron chi connectivity index (χ1n) is 8.72. The molecule has 1 aromatic heterocycles. The summed E-state index contributed by atoms with van der Waals surface area (Å²) in [6.07, 6.45) is -0.534. The number of rotatable bonds is 6. The van der Waals surface area contributed by atoms with Crippen molar-refractivity contribution >= 4 is 11.9 Å². The van der Waals surface area contributed by atoms with Crippen molar-refractivity contribution in [1.29, 1.82) is 0 Å². The summed E-state index contributed by atoms with van der Waals surface area (Å²) in [6, 6.07) is 6.41. The molecule has 156 valence electrons. The van der Waals surface area contributed by atoms with Crippen molar-refractivity contribution in [2.45, 2.75) is 19.4 Å². The minimum Gasteiger partial charge on any atom is -0.481 e. The molecule has 0 aliphatic carbocycles. The maximum Gasteiger partial charge on any atom is 0.305 e. The van der Waals surface area contributed by atoms with Crippen molar-refractivity contribution in [2.75, 3.05) is 0 Å². The van der Waals surface area contributed by atoms with Crippen molar-refractivity contribution in [2.24, 2.45) is 0 Å². The van der Waals surface area contributed by atoms with Crippen LogP contribution in [0.4, 0.5) is 13.2 Å². The fourth-order valence-electron chi connectivity index (χ4n) is 3.00. The second kappa shape index (κ2) is 8.27. The Balaban J connectivity index is 1.92. The SMILES string of the molecule is Cc1c(F)cccc1C(CC(=O)O)NC(=O)c1cc(=O)n(-c2ccc(F)cc2F)[nH]1. The fraction of sp³-hybridized carbons (Fsp3) is 0.150. The Labute approximate surface area is 167 Å². The molecule has 30 heavy (non-hydrogen) atoms. The Morgan fingerprint density at radius 2 is 1.87 bits per heavy atom. The average molecular weight is 419 g/mol. The van der Waals surface area contributed by atoms with Crippen LogP contribution < -0.4 is 10.9 Å². The third-order valence-electron chi connectivity index (χ3n) is 4.48. The van der Waals surface area contributed by atoms with Crippen molar-refractivity contribution in [3.63, 3.8) is 0 Å². The molecular formula is C20H16F3N3O4. The van der Waals surface area contributed by atoms with E-state index >= 15 is 0 Å². The summed E-state index contributed by atoms with van der Waals surface area (Å²) in [5.41, 5.74) is -0.945. The Morgan fingerprint density at radius 3 is 2.53 bits per heavy atom. The number of carbonyl (C=O) groups excluding carboxylic acids is 1. The first kappa shape index (κ1) is 20.9. The van der Waals surface area contributed by atoms with Gasteiger partial charge in [-0.2, -0.15) is 0 Å². The van der Waals surface area contributed by atoms with Gasteiger partial charge in [-0.05, 0) is 36.2 Å². The number of amides is 1. The molecule has 3 rings (SSSR count). The van der Waals surface area contributed by atoms with E-state index in [9.17, 15) is 27.6 Å². The molecule has 7 nitrogen and oxygen atoms in total. The minimum absolute atomic E-state index is 0.170. The molecule has 2 aromatic carbocycles. The topological polar surface area (TPSA) is 104 Å². The highest BCUT2D eigenvalue weighted by Crippen LogP contribution is 2.23. The average Bonchev–Trinajstić information content (AvgIpc) is 3.05. The van der Waals surface area contributed by atoms with Gasteiger partial charge in [-0.1, -0.05) is 12.1 Å². The Bertz CT molecular complexity index is 1190. The normalized spacial score (nSPS) is 11.9. The van der Waals surface area contributed by atoms with Gasteiger partial charge in [0, 0.05) is 12.1 Å². The zero-order chi connectivity index (χ0) is 22.0. The highest BCUT2D eigenvalue weighted by atomic mass is 19.1. The van der Waals surface area contributed by atoms with E-state index in [0.29, 0.717) is 10.7 Å². The molecule has 0 fully saturated rings. The van der Waals surface area contributed by atoms with Gasteiger partial charge < -0.3 is 10.4 Å². The van der Waals surface area contributed by atoms with Crippen LogP contribution in [-0.2, 0) is 4.79 Å². The standard InChI is InChI=1S/C20H16F3N3O4/c1-10-12(3-2-4-13(10)22)15(9-19(28)29)24-20(30)16-8-18(27)26(25-16)17-6-5-11(21)7-14(17)23/h2-8,15,25H,9H2,1H3,(H,24,30)(H,28,29). The molecule has 0 radical (unpaired) electrons. The smallest absolute Gasteiger partial charge is 0.305 e. The lowest BCUT2D eigenvalue weighted by Gasteiger charge is -2.19. The second-order valence-corrected chi connectivity index (χ2v) is 6.52. The predicted molar refractivity (Wildman–Crippen MR) is 99.9 cm³/mol. The van der Waals surface area contributed by atoms with Gasteiger partial charge in [0.2, 0.25) is 0 Å². The molecule has 3 N–H and O–H groups in total. The number of aromatic amines is 1. The summed E-state index contributed by atoms with van der Waals surface area (Å²) in [4.78, 5) is 36.0. The van der Waals surface area contributed by atoms with Gasteiger partial charge >= 0.3 is 5.97 Å². The maximum atomic E-state index is 14.0. The highest BCUT2D eigenvalue weighted by Gasteiger charge is 2.23. The van der Waals surface area contributed by atoms with Crippen LogP contribution in [-0.4, -0.2) is 26.8 Å². The van der Waals surface area contributed by atoms with E-state index in [1.54, 1.807) is 0 Å². The summed E-state index contributed by atoms with van der Waals surface area (Å²) in [6.45, 7) is 1.45. The summed E-state index contributed by atoms with van der Waals surface area (Å²) in [5.74, 6) is -4.52. The quantitative estimate of drug-likeness (QED) is 0.572. The number of hydrogen-bond acceptors (Lipinski definition) is 3. The van der Waals surface area contributed by atoms with Crippen LogP contribution in [0.1, 0.15) is 34.1 Å². The summed E-state index contributed by atoms with van der Waals surface area (Å²) in [5, 5.41) is 14.0. The van der Waals surface area contributed by atoms with Crippen LogP contribution in [0, 0.1) is 24.4 Å². The van der Waals surface area contributed by atoms with Crippen LogP contribution in [0.15, 0.2) is 47.3 Å². The molecule has 0 spiro atoms. The lowest BCUT2D eigenvalue weighted by Crippen LogP contribution is -2.31. The van der Waals surface area contributed by atoms with E-state index in [4.69, 9.17) is 5.11 Å². The monoisotopic (exact) mass is 419 g/mol. The number of benzene rings is 2.